The van der Waals surface area contributed by atoms with Crippen LogP contribution in [0.1, 0.15) is 24.5 Å². The third kappa shape index (κ3) is 4.99. The molecule has 5 heteroatoms. The monoisotopic (exact) mass is 330 g/mol. The Labute approximate surface area is 141 Å². The van der Waals surface area contributed by atoms with Gasteiger partial charge in [-0.1, -0.05) is 29.8 Å². The lowest BCUT2D eigenvalue weighted by Crippen LogP contribution is -2.42. The SMILES string of the molecule is Cc1ccc(COCCC(C)(Oc2ccc(O)cc2)C(=O)O)cc1. The van der Waals surface area contributed by atoms with Crippen LogP contribution in [0.15, 0.2) is 48.5 Å². The normalized spacial score (nSPS) is 13.2. The Morgan fingerprint density at radius 3 is 2.29 bits per heavy atom. The van der Waals surface area contributed by atoms with Crippen molar-refractivity contribution in [1.29, 1.82) is 0 Å². The molecule has 0 saturated carbocycles. The highest BCUT2D eigenvalue weighted by atomic mass is 16.5. The molecule has 2 N–H and O–H groups in total. The van der Waals surface area contributed by atoms with Crippen molar-refractivity contribution >= 4 is 5.97 Å². The average Bonchev–Trinajstić information content (AvgIpc) is 2.55. The minimum absolute atomic E-state index is 0.0980. The van der Waals surface area contributed by atoms with E-state index in [1.54, 1.807) is 0 Å². The van der Waals surface area contributed by atoms with Crippen LogP contribution in [0.5, 0.6) is 11.5 Å². The lowest BCUT2D eigenvalue weighted by molar-refractivity contribution is -0.155. The van der Waals surface area contributed by atoms with Crippen LogP contribution in [-0.4, -0.2) is 28.4 Å². The number of aromatic hydroxyl groups is 1. The van der Waals surface area contributed by atoms with Crippen molar-refractivity contribution in [2.75, 3.05) is 6.61 Å². The quantitative estimate of drug-likeness (QED) is 0.724. The molecule has 0 amide bonds. The van der Waals surface area contributed by atoms with Crippen molar-refractivity contribution < 1.29 is 24.5 Å². The molecule has 0 radical (unpaired) electrons. The molecule has 2 rings (SSSR count). The van der Waals surface area contributed by atoms with Crippen molar-refractivity contribution in [1.82, 2.24) is 0 Å². The highest BCUT2D eigenvalue weighted by Crippen LogP contribution is 2.24. The van der Waals surface area contributed by atoms with E-state index in [2.05, 4.69) is 0 Å². The van der Waals surface area contributed by atoms with E-state index in [0.717, 1.165) is 5.56 Å². The Morgan fingerprint density at radius 2 is 1.71 bits per heavy atom. The van der Waals surface area contributed by atoms with Gasteiger partial charge in [0, 0.05) is 6.42 Å². The van der Waals surface area contributed by atoms with Crippen LogP contribution < -0.4 is 4.74 Å². The zero-order valence-electron chi connectivity index (χ0n) is 13.9. The highest BCUT2D eigenvalue weighted by Gasteiger charge is 2.35. The van der Waals surface area contributed by atoms with Crippen LogP contribution in [0.4, 0.5) is 0 Å². The molecule has 0 bridgehead atoms. The fourth-order valence-electron chi connectivity index (χ4n) is 2.12. The summed E-state index contributed by atoms with van der Waals surface area (Å²) in [7, 11) is 0. The van der Waals surface area contributed by atoms with Gasteiger partial charge in [0.1, 0.15) is 11.5 Å². The summed E-state index contributed by atoms with van der Waals surface area (Å²) in [5, 5.41) is 18.7. The molecule has 5 nitrogen and oxygen atoms in total. The molecule has 128 valence electrons. The Kier molecular flexibility index (Phi) is 5.82. The fourth-order valence-corrected chi connectivity index (χ4v) is 2.12. The lowest BCUT2D eigenvalue weighted by atomic mass is 10.0. The molecule has 0 saturated heterocycles. The van der Waals surface area contributed by atoms with E-state index < -0.39 is 11.6 Å². The average molecular weight is 330 g/mol. The molecule has 0 aliphatic rings. The maximum absolute atomic E-state index is 11.6. The van der Waals surface area contributed by atoms with Crippen LogP contribution in [0.2, 0.25) is 0 Å². The molecule has 0 spiro atoms. The first kappa shape index (κ1) is 17.8. The number of hydrogen-bond donors (Lipinski definition) is 2. The largest absolute Gasteiger partial charge is 0.508 e. The van der Waals surface area contributed by atoms with Crippen molar-refractivity contribution in [3.63, 3.8) is 0 Å². The third-order valence-electron chi connectivity index (χ3n) is 3.75. The summed E-state index contributed by atoms with van der Waals surface area (Å²) < 4.78 is 11.2. The topological polar surface area (TPSA) is 76.0 Å². The van der Waals surface area contributed by atoms with Gasteiger partial charge in [-0.15, -0.1) is 0 Å². The van der Waals surface area contributed by atoms with Gasteiger partial charge in [0.25, 0.3) is 0 Å². The Bertz CT molecular complexity index is 663. The smallest absolute Gasteiger partial charge is 0.347 e. The first-order valence-corrected chi connectivity index (χ1v) is 7.74. The van der Waals surface area contributed by atoms with Crippen molar-refractivity contribution in [2.24, 2.45) is 0 Å². The summed E-state index contributed by atoms with van der Waals surface area (Å²) in [6.07, 6.45) is 0.203. The van der Waals surface area contributed by atoms with Gasteiger partial charge in [0.05, 0.1) is 13.2 Å². The number of ether oxygens (including phenoxy) is 2. The minimum atomic E-state index is -1.40. The molecule has 2 aromatic carbocycles. The summed E-state index contributed by atoms with van der Waals surface area (Å²) >= 11 is 0. The Balaban J connectivity index is 1.89. The van der Waals surface area contributed by atoms with Gasteiger partial charge in [-0.05, 0) is 43.7 Å². The van der Waals surface area contributed by atoms with Gasteiger partial charge in [-0.3, -0.25) is 0 Å². The molecular weight excluding hydrogens is 308 g/mol. The number of benzene rings is 2. The number of hydrogen-bond acceptors (Lipinski definition) is 4. The van der Waals surface area contributed by atoms with Crippen LogP contribution in [0.25, 0.3) is 0 Å². The maximum Gasteiger partial charge on any atom is 0.347 e. The third-order valence-corrected chi connectivity index (χ3v) is 3.75. The standard InChI is InChI=1S/C19H22O5/c1-14-3-5-15(6-4-14)13-23-12-11-19(2,18(21)22)24-17-9-7-16(20)8-10-17/h3-10,20H,11-13H2,1-2H3,(H,21,22). The van der Waals surface area contributed by atoms with Crippen LogP contribution >= 0.6 is 0 Å². The molecule has 0 aliphatic carbocycles. The van der Waals surface area contributed by atoms with Gasteiger partial charge < -0.3 is 19.7 Å². The van der Waals surface area contributed by atoms with E-state index in [-0.39, 0.29) is 18.8 Å². The second kappa shape index (κ2) is 7.84. The van der Waals surface area contributed by atoms with Gasteiger partial charge in [-0.2, -0.15) is 0 Å². The maximum atomic E-state index is 11.6. The van der Waals surface area contributed by atoms with Gasteiger partial charge in [0.15, 0.2) is 0 Å². The van der Waals surface area contributed by atoms with Crippen LogP contribution in [-0.2, 0) is 16.1 Å². The summed E-state index contributed by atoms with van der Waals surface area (Å²) in [5.74, 6) is -0.577. The van der Waals surface area contributed by atoms with Crippen molar-refractivity contribution in [3.05, 3.63) is 59.7 Å². The molecular formula is C19H22O5. The molecule has 0 aromatic heterocycles. The van der Waals surface area contributed by atoms with Crippen molar-refractivity contribution in [2.45, 2.75) is 32.5 Å². The zero-order chi connectivity index (χ0) is 17.6. The second-order valence-corrected chi connectivity index (χ2v) is 5.92. The minimum Gasteiger partial charge on any atom is -0.508 e. The van der Waals surface area contributed by atoms with Crippen LogP contribution in [0, 0.1) is 6.92 Å². The number of carbonyl (C=O) groups is 1. The Morgan fingerprint density at radius 1 is 1.08 bits per heavy atom. The highest BCUT2D eigenvalue weighted by molar-refractivity contribution is 5.77. The van der Waals surface area contributed by atoms with E-state index in [1.807, 2.05) is 31.2 Å². The molecule has 0 heterocycles. The van der Waals surface area contributed by atoms with E-state index in [1.165, 1.54) is 36.8 Å². The van der Waals surface area contributed by atoms with E-state index >= 15 is 0 Å². The molecule has 24 heavy (non-hydrogen) atoms. The number of phenols is 1. The first-order valence-electron chi connectivity index (χ1n) is 7.74. The molecule has 0 aliphatic heterocycles. The predicted octanol–water partition coefficient (Wildman–Crippen LogP) is 3.53. The zero-order valence-corrected chi connectivity index (χ0v) is 13.9. The molecule has 1 unspecified atom stereocenters. The summed E-state index contributed by atoms with van der Waals surface area (Å²) in [4.78, 5) is 11.6. The number of rotatable bonds is 8. The number of aliphatic carboxylic acids is 1. The van der Waals surface area contributed by atoms with E-state index in [4.69, 9.17) is 9.47 Å². The van der Waals surface area contributed by atoms with Crippen LogP contribution in [0.3, 0.4) is 0 Å². The van der Waals surface area contributed by atoms with E-state index in [0.29, 0.717) is 12.4 Å². The number of carboxylic acids is 1. The summed E-state index contributed by atoms with van der Waals surface area (Å²) in [5.41, 5.74) is 0.820. The first-order chi connectivity index (χ1) is 11.4. The van der Waals surface area contributed by atoms with Gasteiger partial charge in [0.2, 0.25) is 5.60 Å². The fraction of sp³-hybridized carbons (Fsp3) is 0.316. The Hall–Kier alpha value is -2.53. The van der Waals surface area contributed by atoms with Gasteiger partial charge in [-0.25, -0.2) is 4.79 Å². The molecule has 0 fully saturated rings. The predicted molar refractivity (Wildman–Crippen MR) is 90.2 cm³/mol. The molecule has 1 atom stereocenters. The summed E-state index contributed by atoms with van der Waals surface area (Å²) in [6.45, 7) is 4.21. The summed E-state index contributed by atoms with van der Waals surface area (Å²) in [6, 6.07) is 13.9. The van der Waals surface area contributed by atoms with Gasteiger partial charge >= 0.3 is 5.97 Å². The second-order valence-electron chi connectivity index (χ2n) is 5.92. The molecule has 2 aromatic rings. The van der Waals surface area contributed by atoms with Crippen molar-refractivity contribution in [3.8, 4) is 11.5 Å². The number of phenolic OH excluding ortho intramolecular Hbond substituents is 1. The lowest BCUT2D eigenvalue weighted by Gasteiger charge is -2.26. The number of aryl methyl sites for hydroxylation is 1. The number of carboxylic acid groups (broad SMARTS) is 1. The van der Waals surface area contributed by atoms with E-state index in [9.17, 15) is 15.0 Å².